The molecule has 0 aliphatic carbocycles. The molecule has 1 aliphatic rings. The van der Waals surface area contributed by atoms with Crippen molar-refractivity contribution in [2.75, 3.05) is 20.2 Å². The molecule has 0 spiro atoms. The zero-order valence-corrected chi connectivity index (χ0v) is 12.8. The van der Waals surface area contributed by atoms with Gasteiger partial charge in [-0.2, -0.15) is 0 Å². The van der Waals surface area contributed by atoms with Crippen molar-refractivity contribution in [2.45, 2.75) is 19.3 Å². The topological polar surface area (TPSA) is 92.4 Å². The highest BCUT2D eigenvalue weighted by atomic mass is 16.5. The number of nitrogens with zero attached hydrogens (tertiary/aromatic N) is 2. The molecule has 0 radical (unpaired) electrons. The minimum Gasteiger partial charge on any atom is -0.465 e. The van der Waals surface area contributed by atoms with Gasteiger partial charge in [-0.05, 0) is 31.0 Å². The van der Waals surface area contributed by atoms with Crippen LogP contribution in [0.2, 0.25) is 0 Å². The summed E-state index contributed by atoms with van der Waals surface area (Å²) in [6, 6.07) is 4.54. The lowest BCUT2D eigenvalue weighted by atomic mass is 10.1. The third kappa shape index (κ3) is 3.08. The fourth-order valence-electron chi connectivity index (χ4n) is 2.74. The van der Waals surface area contributed by atoms with Crippen molar-refractivity contribution < 1.29 is 14.3 Å². The van der Waals surface area contributed by atoms with E-state index >= 15 is 0 Å². The molecule has 0 unspecified atom stereocenters. The van der Waals surface area contributed by atoms with Crippen LogP contribution in [0.4, 0.5) is 0 Å². The van der Waals surface area contributed by atoms with Crippen molar-refractivity contribution in [1.82, 2.24) is 14.9 Å². The number of benzene rings is 1. The summed E-state index contributed by atoms with van der Waals surface area (Å²) in [7, 11) is 1.29. The van der Waals surface area contributed by atoms with Crippen LogP contribution in [0.3, 0.4) is 0 Å². The Hall–Kier alpha value is -2.70. The summed E-state index contributed by atoms with van der Waals surface area (Å²) in [5, 5.41) is 0.370. The average molecular weight is 315 g/mol. The highest BCUT2D eigenvalue weighted by Crippen LogP contribution is 2.13. The van der Waals surface area contributed by atoms with Crippen LogP contribution in [0.1, 0.15) is 29.0 Å². The number of ether oxygens (including phenoxy) is 1. The smallest absolute Gasteiger partial charge is 0.337 e. The summed E-state index contributed by atoms with van der Waals surface area (Å²) < 4.78 is 4.66. The second-order valence-corrected chi connectivity index (χ2v) is 5.50. The zero-order chi connectivity index (χ0) is 16.4. The van der Waals surface area contributed by atoms with E-state index in [4.69, 9.17) is 0 Å². The number of aromatic nitrogens is 2. The van der Waals surface area contributed by atoms with Crippen molar-refractivity contribution in [3.8, 4) is 0 Å². The van der Waals surface area contributed by atoms with Crippen molar-refractivity contribution >= 4 is 22.8 Å². The van der Waals surface area contributed by atoms with E-state index in [1.807, 2.05) is 0 Å². The SMILES string of the molecule is COC(=O)c1ccc2c(=O)[nH]c(CC(=O)N3CCCC3)nc2c1. The zero-order valence-electron chi connectivity index (χ0n) is 12.8. The first-order valence-electron chi connectivity index (χ1n) is 7.47. The summed E-state index contributed by atoms with van der Waals surface area (Å²) in [6.45, 7) is 1.51. The number of carbonyl (C=O) groups excluding carboxylic acids is 2. The quantitative estimate of drug-likeness (QED) is 0.849. The number of rotatable bonds is 3. The lowest BCUT2D eigenvalue weighted by Crippen LogP contribution is -2.30. The first kappa shape index (κ1) is 15.2. The first-order chi connectivity index (χ1) is 11.1. The number of nitrogens with one attached hydrogen (secondary N) is 1. The number of hydrogen-bond acceptors (Lipinski definition) is 5. The maximum Gasteiger partial charge on any atom is 0.337 e. The Labute approximate surface area is 132 Å². The first-order valence-corrected chi connectivity index (χ1v) is 7.47. The van der Waals surface area contributed by atoms with Crippen LogP contribution in [-0.4, -0.2) is 46.9 Å². The molecular formula is C16H17N3O4. The van der Waals surface area contributed by atoms with Gasteiger partial charge in [-0.1, -0.05) is 0 Å². The second kappa shape index (κ2) is 6.20. The standard InChI is InChI=1S/C16H17N3O4/c1-23-16(22)10-4-5-11-12(8-10)17-13(18-15(11)21)9-14(20)19-6-2-3-7-19/h4-5,8H,2-3,6-7,9H2,1H3,(H,17,18,21). The molecule has 1 aromatic carbocycles. The number of carbonyl (C=O) groups is 2. The number of esters is 1. The largest absolute Gasteiger partial charge is 0.465 e. The maximum absolute atomic E-state index is 12.2. The predicted molar refractivity (Wildman–Crippen MR) is 83.2 cm³/mol. The van der Waals surface area contributed by atoms with Crippen molar-refractivity contribution in [1.29, 1.82) is 0 Å². The van der Waals surface area contributed by atoms with E-state index < -0.39 is 5.97 Å². The lowest BCUT2D eigenvalue weighted by Gasteiger charge is -2.14. The molecule has 3 rings (SSSR count). The molecule has 1 amide bonds. The highest BCUT2D eigenvalue weighted by molar-refractivity contribution is 5.94. The van der Waals surface area contributed by atoms with E-state index in [0.29, 0.717) is 22.3 Å². The molecule has 23 heavy (non-hydrogen) atoms. The Morgan fingerprint density at radius 3 is 2.74 bits per heavy atom. The van der Waals surface area contributed by atoms with Gasteiger partial charge in [0.2, 0.25) is 5.91 Å². The van der Waals surface area contributed by atoms with E-state index in [1.54, 1.807) is 4.90 Å². The van der Waals surface area contributed by atoms with E-state index in [2.05, 4.69) is 14.7 Å². The molecule has 1 aromatic heterocycles. The van der Waals surface area contributed by atoms with Gasteiger partial charge in [-0.3, -0.25) is 9.59 Å². The normalized spacial score (nSPS) is 14.2. The van der Waals surface area contributed by atoms with Crippen molar-refractivity contribution in [3.63, 3.8) is 0 Å². The summed E-state index contributed by atoms with van der Waals surface area (Å²) in [5.74, 6) is -0.237. The van der Waals surface area contributed by atoms with Crippen LogP contribution in [0, 0.1) is 0 Å². The Balaban J connectivity index is 1.93. The van der Waals surface area contributed by atoms with Crippen LogP contribution in [0.5, 0.6) is 0 Å². The van der Waals surface area contributed by atoms with Gasteiger partial charge in [-0.25, -0.2) is 9.78 Å². The third-order valence-corrected chi connectivity index (χ3v) is 3.95. The fourth-order valence-corrected chi connectivity index (χ4v) is 2.74. The summed E-state index contributed by atoms with van der Waals surface area (Å²) >= 11 is 0. The van der Waals surface area contributed by atoms with Crippen molar-refractivity contribution in [2.24, 2.45) is 0 Å². The van der Waals surface area contributed by atoms with Crippen LogP contribution < -0.4 is 5.56 Å². The summed E-state index contributed by atoms with van der Waals surface area (Å²) in [4.78, 5) is 44.6. The van der Waals surface area contributed by atoms with E-state index in [0.717, 1.165) is 25.9 Å². The molecule has 1 aliphatic heterocycles. The predicted octanol–water partition coefficient (Wildman–Crippen LogP) is 0.875. The van der Waals surface area contributed by atoms with Gasteiger partial charge in [0.05, 0.1) is 30.0 Å². The monoisotopic (exact) mass is 315 g/mol. The number of H-pyrrole nitrogens is 1. The minimum absolute atomic E-state index is 0.0471. The van der Waals surface area contributed by atoms with Gasteiger partial charge >= 0.3 is 5.97 Å². The average Bonchev–Trinajstić information content (AvgIpc) is 3.08. The van der Waals surface area contributed by atoms with E-state index in [1.165, 1.54) is 25.3 Å². The molecule has 7 heteroatoms. The van der Waals surface area contributed by atoms with E-state index in [-0.39, 0.29) is 17.9 Å². The van der Waals surface area contributed by atoms with Crippen LogP contribution >= 0.6 is 0 Å². The molecule has 120 valence electrons. The molecular weight excluding hydrogens is 298 g/mol. The molecule has 1 saturated heterocycles. The lowest BCUT2D eigenvalue weighted by molar-refractivity contribution is -0.129. The van der Waals surface area contributed by atoms with Crippen molar-refractivity contribution in [3.05, 3.63) is 39.9 Å². The van der Waals surface area contributed by atoms with Gasteiger partial charge in [0, 0.05) is 13.1 Å². The van der Waals surface area contributed by atoms with Crippen LogP contribution in [-0.2, 0) is 16.0 Å². The fraction of sp³-hybridized carbons (Fsp3) is 0.375. The maximum atomic E-state index is 12.2. The van der Waals surface area contributed by atoms with Crippen LogP contribution in [0.15, 0.2) is 23.0 Å². The molecule has 0 saturated carbocycles. The Morgan fingerprint density at radius 2 is 2.04 bits per heavy atom. The molecule has 1 fully saturated rings. The Morgan fingerprint density at radius 1 is 1.30 bits per heavy atom. The molecule has 1 N–H and O–H groups in total. The van der Waals surface area contributed by atoms with Crippen LogP contribution in [0.25, 0.3) is 10.9 Å². The molecule has 0 bridgehead atoms. The Bertz CT molecular complexity index is 822. The highest BCUT2D eigenvalue weighted by Gasteiger charge is 2.19. The number of fused-ring (bicyclic) bond motifs is 1. The van der Waals surface area contributed by atoms with Gasteiger partial charge in [0.15, 0.2) is 0 Å². The Kier molecular flexibility index (Phi) is 4.10. The van der Waals surface area contributed by atoms with Gasteiger partial charge < -0.3 is 14.6 Å². The van der Waals surface area contributed by atoms with Gasteiger partial charge in [0.1, 0.15) is 5.82 Å². The number of hydrogen-bond donors (Lipinski definition) is 1. The number of likely N-dealkylation sites (tertiary alicyclic amines) is 1. The molecule has 7 nitrogen and oxygen atoms in total. The molecule has 2 heterocycles. The van der Waals surface area contributed by atoms with Gasteiger partial charge in [-0.15, -0.1) is 0 Å². The van der Waals surface area contributed by atoms with Gasteiger partial charge in [0.25, 0.3) is 5.56 Å². The third-order valence-electron chi connectivity index (χ3n) is 3.95. The summed E-state index contributed by atoms with van der Waals surface area (Å²) in [6.07, 6.45) is 2.07. The number of amides is 1. The minimum atomic E-state index is -0.497. The molecule has 2 aromatic rings. The second-order valence-electron chi connectivity index (χ2n) is 5.50. The summed E-state index contributed by atoms with van der Waals surface area (Å²) in [5.41, 5.74) is 0.367. The molecule has 0 atom stereocenters. The number of aromatic amines is 1. The number of methoxy groups -OCH3 is 1. The van der Waals surface area contributed by atoms with E-state index in [9.17, 15) is 14.4 Å².